The number of anilines is 1. The molecular weight excluding hydrogens is 364 g/mol. The molecule has 1 aromatic rings. The lowest BCUT2D eigenvalue weighted by atomic mass is 9.87. The minimum atomic E-state index is -3.56. The minimum absolute atomic E-state index is 0.0155. The molecule has 0 spiro atoms. The van der Waals surface area contributed by atoms with E-state index in [-0.39, 0.29) is 22.3 Å². The van der Waals surface area contributed by atoms with Gasteiger partial charge in [-0.05, 0) is 38.6 Å². The van der Waals surface area contributed by atoms with Crippen LogP contribution in [0.25, 0.3) is 0 Å². The topological polar surface area (TPSA) is 81.8 Å². The van der Waals surface area contributed by atoms with Crippen molar-refractivity contribution < 1.29 is 13.2 Å². The molecule has 0 unspecified atom stereocenters. The van der Waals surface area contributed by atoms with E-state index in [2.05, 4.69) is 42.6 Å². The predicted octanol–water partition coefficient (Wildman–Crippen LogP) is 0.901. The van der Waals surface area contributed by atoms with Crippen LogP contribution in [-0.2, 0) is 20.2 Å². The number of carbonyl (C=O) groups is 1. The highest BCUT2D eigenvalue weighted by molar-refractivity contribution is 7.89. The summed E-state index contributed by atoms with van der Waals surface area (Å²) in [6, 6.07) is 5.71. The number of fused-ring (bicyclic) bond motifs is 1. The first-order valence-corrected chi connectivity index (χ1v) is 10.9. The van der Waals surface area contributed by atoms with Gasteiger partial charge >= 0.3 is 0 Å². The van der Waals surface area contributed by atoms with Gasteiger partial charge in [-0.15, -0.1) is 0 Å². The van der Waals surface area contributed by atoms with Crippen molar-refractivity contribution in [2.24, 2.45) is 0 Å². The molecule has 0 bridgehead atoms. The molecule has 3 rings (SSSR count). The van der Waals surface area contributed by atoms with Crippen molar-refractivity contribution in [1.82, 2.24) is 14.9 Å². The van der Waals surface area contributed by atoms with Crippen LogP contribution in [-0.4, -0.2) is 64.5 Å². The van der Waals surface area contributed by atoms with E-state index in [0.717, 1.165) is 18.7 Å². The molecule has 7 nitrogen and oxygen atoms in total. The first kappa shape index (κ1) is 20.3. The number of amides is 1. The predicted molar refractivity (Wildman–Crippen MR) is 107 cm³/mol. The molecular formula is C19H30N4O3S. The van der Waals surface area contributed by atoms with Gasteiger partial charge in [0.05, 0.1) is 11.4 Å². The zero-order valence-electron chi connectivity index (χ0n) is 16.7. The summed E-state index contributed by atoms with van der Waals surface area (Å²) in [7, 11) is -2.16. The zero-order chi connectivity index (χ0) is 20.0. The van der Waals surface area contributed by atoms with Gasteiger partial charge in [0, 0.05) is 42.8 Å². The summed E-state index contributed by atoms with van der Waals surface area (Å²) in [5.74, 6) is 0.0155. The highest BCUT2D eigenvalue weighted by atomic mass is 32.2. The standard InChI is InChI=1S/C19H30N4O3S/c1-13-10-22(14(2)9-21-13)11-18(24)23-12-19(3,4)16-7-6-15(8-17(16)23)27(25,26)20-5/h6-8,13-14,20-21H,9-12H2,1-5H3/t13-,14+/m1/s1. The fourth-order valence-corrected chi connectivity index (χ4v) is 4.71. The van der Waals surface area contributed by atoms with Crippen molar-refractivity contribution in [1.29, 1.82) is 0 Å². The Morgan fingerprint density at radius 2 is 2.04 bits per heavy atom. The third-order valence-corrected chi connectivity index (χ3v) is 7.07. The molecule has 0 radical (unpaired) electrons. The number of hydrogen-bond acceptors (Lipinski definition) is 5. The molecule has 27 heavy (non-hydrogen) atoms. The molecule has 1 amide bonds. The van der Waals surface area contributed by atoms with Gasteiger partial charge in [0.2, 0.25) is 15.9 Å². The van der Waals surface area contributed by atoms with Crippen molar-refractivity contribution in [2.75, 3.05) is 38.1 Å². The maximum Gasteiger partial charge on any atom is 0.241 e. The Hall–Kier alpha value is -1.48. The summed E-state index contributed by atoms with van der Waals surface area (Å²) >= 11 is 0. The Morgan fingerprint density at radius 1 is 1.33 bits per heavy atom. The third-order valence-electron chi connectivity index (χ3n) is 5.65. The Bertz CT molecular complexity index is 837. The normalized spacial score (nSPS) is 25.4. The second kappa shape index (κ2) is 7.16. The van der Waals surface area contributed by atoms with Gasteiger partial charge in [-0.25, -0.2) is 13.1 Å². The van der Waals surface area contributed by atoms with E-state index in [4.69, 9.17) is 0 Å². The summed E-state index contributed by atoms with van der Waals surface area (Å²) in [4.78, 5) is 17.3. The molecule has 1 fully saturated rings. The van der Waals surface area contributed by atoms with Crippen molar-refractivity contribution in [2.45, 2.75) is 50.1 Å². The Balaban J connectivity index is 1.90. The van der Waals surface area contributed by atoms with Crippen LogP contribution in [0.4, 0.5) is 5.69 Å². The molecule has 0 aliphatic carbocycles. The van der Waals surface area contributed by atoms with E-state index >= 15 is 0 Å². The summed E-state index contributed by atoms with van der Waals surface area (Å²) in [6.07, 6.45) is 0. The Morgan fingerprint density at radius 3 is 2.70 bits per heavy atom. The van der Waals surface area contributed by atoms with Gasteiger partial charge in [-0.3, -0.25) is 9.69 Å². The average Bonchev–Trinajstić information content (AvgIpc) is 2.89. The first-order chi connectivity index (χ1) is 12.5. The van der Waals surface area contributed by atoms with Crippen molar-refractivity contribution in [3.63, 3.8) is 0 Å². The molecule has 2 heterocycles. The monoisotopic (exact) mass is 394 g/mol. The number of benzene rings is 1. The molecule has 0 saturated carbocycles. The van der Waals surface area contributed by atoms with Crippen molar-refractivity contribution in [3.05, 3.63) is 23.8 Å². The van der Waals surface area contributed by atoms with Crippen LogP contribution in [0.2, 0.25) is 0 Å². The smallest absolute Gasteiger partial charge is 0.241 e. The van der Waals surface area contributed by atoms with E-state index in [1.807, 2.05) is 6.07 Å². The molecule has 150 valence electrons. The summed E-state index contributed by atoms with van der Waals surface area (Å²) in [5, 5.41) is 3.42. The van der Waals surface area contributed by atoms with Crippen LogP contribution in [0.15, 0.2) is 23.1 Å². The highest BCUT2D eigenvalue weighted by Crippen LogP contribution is 2.41. The molecule has 1 saturated heterocycles. The molecule has 8 heteroatoms. The van der Waals surface area contributed by atoms with Crippen LogP contribution in [0.5, 0.6) is 0 Å². The minimum Gasteiger partial charge on any atom is -0.311 e. The number of nitrogens with one attached hydrogen (secondary N) is 2. The lowest BCUT2D eigenvalue weighted by Gasteiger charge is -2.37. The van der Waals surface area contributed by atoms with Gasteiger partial charge in [-0.1, -0.05) is 19.9 Å². The van der Waals surface area contributed by atoms with Crippen LogP contribution in [0.1, 0.15) is 33.3 Å². The van der Waals surface area contributed by atoms with E-state index in [0.29, 0.717) is 24.8 Å². The lowest BCUT2D eigenvalue weighted by Crippen LogP contribution is -2.56. The number of hydrogen-bond donors (Lipinski definition) is 2. The average molecular weight is 395 g/mol. The largest absolute Gasteiger partial charge is 0.311 e. The van der Waals surface area contributed by atoms with Gasteiger partial charge in [0.25, 0.3) is 0 Å². The SMILES string of the molecule is CNS(=O)(=O)c1ccc2c(c1)N(C(=O)CN1C[C@@H](C)NC[C@@H]1C)CC2(C)C. The van der Waals surface area contributed by atoms with Crippen molar-refractivity contribution in [3.8, 4) is 0 Å². The van der Waals surface area contributed by atoms with Gasteiger partial charge in [0.15, 0.2) is 0 Å². The molecule has 0 aromatic heterocycles. The second-order valence-corrected chi connectivity index (χ2v) is 10.2. The van der Waals surface area contributed by atoms with E-state index in [1.54, 1.807) is 17.0 Å². The summed E-state index contributed by atoms with van der Waals surface area (Å²) < 4.78 is 26.8. The summed E-state index contributed by atoms with van der Waals surface area (Å²) in [6.45, 7) is 11.0. The van der Waals surface area contributed by atoms with Gasteiger partial charge in [0.1, 0.15) is 0 Å². The number of nitrogens with zero attached hydrogens (tertiary/aromatic N) is 2. The zero-order valence-corrected chi connectivity index (χ0v) is 17.6. The Kier molecular flexibility index (Phi) is 5.37. The maximum atomic E-state index is 13.1. The van der Waals surface area contributed by atoms with E-state index in [1.165, 1.54) is 7.05 Å². The third kappa shape index (κ3) is 3.89. The first-order valence-electron chi connectivity index (χ1n) is 9.41. The summed E-state index contributed by atoms with van der Waals surface area (Å²) in [5.41, 5.74) is 1.50. The number of piperazine rings is 1. The molecule has 1 aromatic carbocycles. The fraction of sp³-hybridized carbons (Fsp3) is 0.632. The molecule has 2 aliphatic heterocycles. The number of carbonyl (C=O) groups excluding carboxylic acids is 1. The Labute approximate surface area is 162 Å². The van der Waals surface area contributed by atoms with Gasteiger partial charge < -0.3 is 10.2 Å². The van der Waals surface area contributed by atoms with Crippen LogP contribution in [0, 0.1) is 0 Å². The van der Waals surface area contributed by atoms with Crippen LogP contribution in [0.3, 0.4) is 0 Å². The van der Waals surface area contributed by atoms with Crippen molar-refractivity contribution >= 4 is 21.6 Å². The molecule has 2 aliphatic rings. The quantitative estimate of drug-likeness (QED) is 0.793. The molecule has 2 atom stereocenters. The van der Waals surface area contributed by atoms with Gasteiger partial charge in [-0.2, -0.15) is 0 Å². The number of rotatable bonds is 4. The van der Waals surface area contributed by atoms with E-state index in [9.17, 15) is 13.2 Å². The van der Waals surface area contributed by atoms with Crippen LogP contribution >= 0.6 is 0 Å². The van der Waals surface area contributed by atoms with E-state index < -0.39 is 10.0 Å². The molecule has 2 N–H and O–H groups in total. The lowest BCUT2D eigenvalue weighted by molar-refractivity contribution is -0.120. The maximum absolute atomic E-state index is 13.1. The highest BCUT2D eigenvalue weighted by Gasteiger charge is 2.39. The number of sulfonamides is 1. The fourth-order valence-electron chi connectivity index (χ4n) is 3.96. The van der Waals surface area contributed by atoms with Crippen LogP contribution < -0.4 is 14.9 Å². The second-order valence-electron chi connectivity index (χ2n) is 8.34.